The first kappa shape index (κ1) is 9.38. The van der Waals surface area contributed by atoms with Gasteiger partial charge in [0.2, 0.25) is 5.89 Å². The van der Waals surface area contributed by atoms with Crippen molar-refractivity contribution >= 4 is 5.95 Å². The summed E-state index contributed by atoms with van der Waals surface area (Å²) in [5.41, 5.74) is 11.0. The third kappa shape index (κ3) is 1.57. The van der Waals surface area contributed by atoms with Crippen LogP contribution in [0.25, 0.3) is 0 Å². The zero-order valence-corrected chi connectivity index (χ0v) is 7.63. The predicted octanol–water partition coefficient (Wildman–Crippen LogP) is -1.79. The van der Waals surface area contributed by atoms with Crippen LogP contribution in [0.1, 0.15) is 11.9 Å². The standard InChI is InChI=1S/C7H13N5O2/c8-1-5(9)6-10-7(11-14-6)12-2-4(13)3-12/h4-5,13H,1-3,8-9H2/t5-/m0/s1. The van der Waals surface area contributed by atoms with Gasteiger partial charge in [-0.1, -0.05) is 0 Å². The number of aliphatic hydroxyl groups is 1. The van der Waals surface area contributed by atoms with E-state index in [0.29, 0.717) is 24.9 Å². The molecule has 1 aromatic heterocycles. The molecule has 0 aliphatic carbocycles. The quantitative estimate of drug-likeness (QED) is 0.526. The number of nitrogens with two attached hydrogens (primary N) is 2. The molecule has 1 atom stereocenters. The summed E-state index contributed by atoms with van der Waals surface area (Å²) in [5, 5.41) is 12.8. The molecular weight excluding hydrogens is 186 g/mol. The second kappa shape index (κ2) is 3.52. The summed E-state index contributed by atoms with van der Waals surface area (Å²) in [5.74, 6) is 0.804. The third-order valence-corrected chi connectivity index (χ3v) is 2.15. The molecule has 0 saturated carbocycles. The second-order valence-corrected chi connectivity index (χ2v) is 3.33. The largest absolute Gasteiger partial charge is 0.389 e. The molecule has 0 bridgehead atoms. The topological polar surface area (TPSA) is 114 Å². The summed E-state index contributed by atoms with van der Waals surface area (Å²) in [6.45, 7) is 1.35. The first-order chi connectivity index (χ1) is 6.70. The van der Waals surface area contributed by atoms with Gasteiger partial charge < -0.3 is 26.0 Å². The smallest absolute Gasteiger partial charge is 0.266 e. The fraction of sp³-hybridized carbons (Fsp3) is 0.714. The molecule has 7 heteroatoms. The van der Waals surface area contributed by atoms with Crippen LogP contribution in [0.2, 0.25) is 0 Å². The molecule has 0 spiro atoms. The molecule has 1 fully saturated rings. The molecule has 2 rings (SSSR count). The molecule has 0 radical (unpaired) electrons. The minimum Gasteiger partial charge on any atom is -0.389 e. The van der Waals surface area contributed by atoms with E-state index in [4.69, 9.17) is 21.1 Å². The van der Waals surface area contributed by atoms with Crippen LogP contribution in [0.4, 0.5) is 5.95 Å². The van der Waals surface area contributed by atoms with E-state index in [1.54, 1.807) is 4.90 Å². The Balaban J connectivity index is 2.03. The highest BCUT2D eigenvalue weighted by atomic mass is 16.5. The van der Waals surface area contributed by atoms with Crippen molar-refractivity contribution in [1.82, 2.24) is 10.1 Å². The summed E-state index contributed by atoms with van der Waals surface area (Å²) in [6.07, 6.45) is -0.292. The van der Waals surface area contributed by atoms with Crippen molar-refractivity contribution < 1.29 is 9.63 Å². The molecule has 1 aromatic rings. The van der Waals surface area contributed by atoms with E-state index in [0.717, 1.165) is 0 Å². The van der Waals surface area contributed by atoms with Crippen molar-refractivity contribution in [2.24, 2.45) is 11.5 Å². The molecule has 1 saturated heterocycles. The van der Waals surface area contributed by atoms with Gasteiger partial charge in [-0.05, 0) is 5.16 Å². The SMILES string of the molecule is NC[C@H](N)c1nc(N2CC(O)C2)no1. The third-order valence-electron chi connectivity index (χ3n) is 2.15. The minimum atomic E-state index is -0.414. The molecule has 2 heterocycles. The number of hydrogen-bond donors (Lipinski definition) is 3. The highest BCUT2D eigenvalue weighted by molar-refractivity contribution is 5.33. The van der Waals surface area contributed by atoms with E-state index in [9.17, 15) is 0 Å². The van der Waals surface area contributed by atoms with Crippen LogP contribution in [-0.4, -0.2) is 41.0 Å². The van der Waals surface area contributed by atoms with Gasteiger partial charge in [-0.3, -0.25) is 0 Å². The lowest BCUT2D eigenvalue weighted by atomic mass is 10.2. The molecule has 7 nitrogen and oxygen atoms in total. The highest BCUT2D eigenvalue weighted by Crippen LogP contribution is 2.18. The summed E-state index contributed by atoms with van der Waals surface area (Å²) < 4.78 is 4.92. The summed E-state index contributed by atoms with van der Waals surface area (Å²) in [6, 6.07) is -0.414. The molecule has 5 N–H and O–H groups in total. The van der Waals surface area contributed by atoms with Crippen LogP contribution in [0, 0.1) is 0 Å². The van der Waals surface area contributed by atoms with E-state index in [-0.39, 0.29) is 12.6 Å². The number of anilines is 1. The Morgan fingerprint density at radius 1 is 1.64 bits per heavy atom. The highest BCUT2D eigenvalue weighted by Gasteiger charge is 2.28. The van der Waals surface area contributed by atoms with E-state index in [1.807, 2.05) is 0 Å². The van der Waals surface area contributed by atoms with E-state index in [2.05, 4.69) is 10.1 Å². The van der Waals surface area contributed by atoms with Gasteiger partial charge in [0.25, 0.3) is 5.95 Å². The zero-order chi connectivity index (χ0) is 10.1. The van der Waals surface area contributed by atoms with Gasteiger partial charge in [0, 0.05) is 19.6 Å². The van der Waals surface area contributed by atoms with Crippen molar-refractivity contribution in [2.75, 3.05) is 24.5 Å². The first-order valence-electron chi connectivity index (χ1n) is 4.43. The van der Waals surface area contributed by atoms with Crippen molar-refractivity contribution in [1.29, 1.82) is 0 Å². The van der Waals surface area contributed by atoms with E-state index < -0.39 is 6.04 Å². The first-order valence-corrected chi connectivity index (χ1v) is 4.43. The molecule has 14 heavy (non-hydrogen) atoms. The molecule has 78 valence electrons. The number of aliphatic hydroxyl groups excluding tert-OH is 1. The van der Waals surface area contributed by atoms with Gasteiger partial charge in [-0.15, -0.1) is 0 Å². The summed E-state index contributed by atoms with van der Waals surface area (Å²) in [7, 11) is 0. The number of aromatic nitrogens is 2. The van der Waals surface area contributed by atoms with Crippen LogP contribution in [-0.2, 0) is 0 Å². The van der Waals surface area contributed by atoms with Gasteiger partial charge in [-0.25, -0.2) is 0 Å². The maximum Gasteiger partial charge on any atom is 0.266 e. The fourth-order valence-corrected chi connectivity index (χ4v) is 1.23. The second-order valence-electron chi connectivity index (χ2n) is 3.33. The molecule has 0 unspecified atom stereocenters. The Morgan fingerprint density at radius 3 is 2.93 bits per heavy atom. The number of nitrogens with zero attached hydrogens (tertiary/aromatic N) is 3. The summed E-state index contributed by atoms with van der Waals surface area (Å²) >= 11 is 0. The lowest BCUT2D eigenvalue weighted by Crippen LogP contribution is -2.51. The predicted molar refractivity (Wildman–Crippen MR) is 48.5 cm³/mol. The molecule has 0 aromatic carbocycles. The number of hydrogen-bond acceptors (Lipinski definition) is 7. The maximum atomic E-state index is 9.07. The van der Waals surface area contributed by atoms with Gasteiger partial charge >= 0.3 is 0 Å². The van der Waals surface area contributed by atoms with Crippen molar-refractivity contribution in [2.45, 2.75) is 12.1 Å². The normalized spacial score (nSPS) is 19.5. The Kier molecular flexibility index (Phi) is 2.36. The average Bonchev–Trinajstić information content (AvgIpc) is 2.60. The van der Waals surface area contributed by atoms with E-state index >= 15 is 0 Å². The van der Waals surface area contributed by atoms with Crippen LogP contribution < -0.4 is 16.4 Å². The van der Waals surface area contributed by atoms with Crippen LogP contribution in [0.5, 0.6) is 0 Å². The minimum absolute atomic E-state index is 0.268. The Labute approximate surface area is 80.7 Å². The van der Waals surface area contributed by atoms with Gasteiger partial charge in [0.05, 0.1) is 12.1 Å². The number of β-amino-alcohol motifs (C(OH)–C–C–N with tert-alkyl or cyclic N) is 1. The molecule has 1 aliphatic rings. The van der Waals surface area contributed by atoms with Crippen LogP contribution in [0.15, 0.2) is 4.52 Å². The molecule has 1 aliphatic heterocycles. The Hall–Kier alpha value is -1.18. The van der Waals surface area contributed by atoms with Gasteiger partial charge in [0.1, 0.15) is 0 Å². The zero-order valence-electron chi connectivity index (χ0n) is 7.63. The van der Waals surface area contributed by atoms with Gasteiger partial charge in [0.15, 0.2) is 0 Å². The lowest BCUT2D eigenvalue weighted by molar-refractivity contribution is 0.140. The Morgan fingerprint density at radius 2 is 2.36 bits per heavy atom. The molecular formula is C7H13N5O2. The van der Waals surface area contributed by atoms with Crippen molar-refractivity contribution in [3.63, 3.8) is 0 Å². The van der Waals surface area contributed by atoms with Crippen LogP contribution in [0.3, 0.4) is 0 Å². The fourth-order valence-electron chi connectivity index (χ4n) is 1.23. The lowest BCUT2D eigenvalue weighted by Gasteiger charge is -2.34. The summed E-state index contributed by atoms with van der Waals surface area (Å²) in [4.78, 5) is 5.88. The van der Waals surface area contributed by atoms with Crippen molar-refractivity contribution in [3.8, 4) is 0 Å². The van der Waals surface area contributed by atoms with Crippen LogP contribution >= 0.6 is 0 Å². The maximum absolute atomic E-state index is 9.07. The molecule has 0 amide bonds. The monoisotopic (exact) mass is 199 g/mol. The van der Waals surface area contributed by atoms with Crippen molar-refractivity contribution in [3.05, 3.63) is 5.89 Å². The average molecular weight is 199 g/mol. The number of rotatable bonds is 3. The van der Waals surface area contributed by atoms with Gasteiger partial charge in [-0.2, -0.15) is 4.98 Å². The Bertz CT molecular complexity index is 309. The van der Waals surface area contributed by atoms with E-state index in [1.165, 1.54) is 0 Å².